The van der Waals surface area contributed by atoms with Crippen molar-refractivity contribution in [1.82, 2.24) is 9.97 Å². The summed E-state index contributed by atoms with van der Waals surface area (Å²) in [6, 6.07) is 1.99. The largest absolute Gasteiger partial charge is 0.370 e. The van der Waals surface area contributed by atoms with Gasteiger partial charge >= 0.3 is 0 Å². The number of hydrogen-bond acceptors (Lipinski definition) is 4. The summed E-state index contributed by atoms with van der Waals surface area (Å²) in [6.45, 7) is 6.18. The third kappa shape index (κ3) is 3.73. The molecule has 0 unspecified atom stereocenters. The fourth-order valence-corrected chi connectivity index (χ4v) is 1.34. The quantitative estimate of drug-likeness (QED) is 0.777. The number of unbranched alkanes of at least 4 members (excludes halogenated alkanes) is 1. The Morgan fingerprint density at radius 3 is 2.80 bits per heavy atom. The van der Waals surface area contributed by atoms with E-state index in [0.717, 1.165) is 24.7 Å². The molecule has 0 saturated carbocycles. The summed E-state index contributed by atoms with van der Waals surface area (Å²) in [5, 5.41) is 3.18. The highest BCUT2D eigenvalue weighted by Crippen LogP contribution is 2.12. The minimum atomic E-state index is 0.884. The molecule has 0 bridgehead atoms. The lowest BCUT2D eigenvalue weighted by Gasteiger charge is -2.17. The summed E-state index contributed by atoms with van der Waals surface area (Å²) in [7, 11) is 2.06. The molecular weight excluding hydrogens is 188 g/mol. The predicted octanol–water partition coefficient (Wildman–Crippen LogP) is 2.14. The molecule has 84 valence electrons. The van der Waals surface area contributed by atoms with Crippen LogP contribution in [0.2, 0.25) is 0 Å². The van der Waals surface area contributed by atoms with Crippen LogP contribution in [0.25, 0.3) is 0 Å². The molecule has 0 amide bonds. The number of anilines is 2. The third-order valence-electron chi connectivity index (χ3n) is 2.25. The van der Waals surface area contributed by atoms with Gasteiger partial charge < -0.3 is 10.2 Å². The maximum Gasteiger partial charge on any atom is 0.133 e. The van der Waals surface area contributed by atoms with Crippen LogP contribution in [0.1, 0.15) is 26.7 Å². The van der Waals surface area contributed by atoms with E-state index in [2.05, 4.69) is 41.1 Å². The van der Waals surface area contributed by atoms with Crippen LogP contribution in [0, 0.1) is 0 Å². The third-order valence-corrected chi connectivity index (χ3v) is 2.25. The summed E-state index contributed by atoms with van der Waals surface area (Å²) in [6.07, 6.45) is 4.00. The molecule has 0 fully saturated rings. The van der Waals surface area contributed by atoms with E-state index in [1.54, 1.807) is 6.33 Å². The van der Waals surface area contributed by atoms with Gasteiger partial charge in [-0.1, -0.05) is 13.3 Å². The molecule has 0 saturated heterocycles. The fourth-order valence-electron chi connectivity index (χ4n) is 1.34. The first-order chi connectivity index (χ1) is 7.27. The normalized spacial score (nSPS) is 10.1. The Morgan fingerprint density at radius 1 is 1.33 bits per heavy atom. The monoisotopic (exact) mass is 208 g/mol. The molecule has 1 N–H and O–H groups in total. The van der Waals surface area contributed by atoms with E-state index in [4.69, 9.17) is 0 Å². The van der Waals surface area contributed by atoms with Gasteiger partial charge in [0.05, 0.1) is 0 Å². The van der Waals surface area contributed by atoms with Crippen molar-refractivity contribution in [1.29, 1.82) is 0 Å². The van der Waals surface area contributed by atoms with Gasteiger partial charge in [-0.15, -0.1) is 0 Å². The van der Waals surface area contributed by atoms with Gasteiger partial charge in [0.1, 0.15) is 18.0 Å². The van der Waals surface area contributed by atoms with E-state index in [0.29, 0.717) is 0 Å². The molecule has 1 aromatic heterocycles. The van der Waals surface area contributed by atoms with Crippen molar-refractivity contribution in [3.63, 3.8) is 0 Å². The predicted molar refractivity (Wildman–Crippen MR) is 64.4 cm³/mol. The molecule has 1 heterocycles. The average Bonchev–Trinajstić information content (AvgIpc) is 2.27. The van der Waals surface area contributed by atoms with Crippen molar-refractivity contribution in [3.8, 4) is 0 Å². The van der Waals surface area contributed by atoms with Crippen LogP contribution in [-0.4, -0.2) is 30.1 Å². The second-order valence-electron chi connectivity index (χ2n) is 3.57. The zero-order valence-corrected chi connectivity index (χ0v) is 9.82. The Bertz CT molecular complexity index is 288. The van der Waals surface area contributed by atoms with Gasteiger partial charge in [0.2, 0.25) is 0 Å². The van der Waals surface area contributed by atoms with E-state index in [1.165, 1.54) is 12.8 Å². The summed E-state index contributed by atoms with van der Waals surface area (Å²) in [4.78, 5) is 10.6. The molecule has 15 heavy (non-hydrogen) atoms. The number of nitrogens with zero attached hydrogens (tertiary/aromatic N) is 3. The highest BCUT2D eigenvalue weighted by atomic mass is 15.2. The standard InChI is InChI=1S/C11H20N4/c1-4-6-7-15(3)11-8-10(12-5-2)13-9-14-11/h8-9H,4-7H2,1-3H3,(H,12,13,14). The minimum Gasteiger partial charge on any atom is -0.370 e. The molecule has 1 aromatic rings. The van der Waals surface area contributed by atoms with Gasteiger partial charge in [-0.2, -0.15) is 0 Å². The second-order valence-corrected chi connectivity index (χ2v) is 3.57. The zero-order chi connectivity index (χ0) is 11.1. The number of hydrogen-bond donors (Lipinski definition) is 1. The summed E-state index contributed by atoms with van der Waals surface area (Å²) >= 11 is 0. The molecule has 0 aromatic carbocycles. The fraction of sp³-hybridized carbons (Fsp3) is 0.636. The Kier molecular flexibility index (Phi) is 4.87. The maximum atomic E-state index is 4.25. The van der Waals surface area contributed by atoms with Crippen molar-refractivity contribution < 1.29 is 0 Å². The number of aromatic nitrogens is 2. The highest BCUT2D eigenvalue weighted by Gasteiger charge is 2.02. The molecular formula is C11H20N4. The smallest absolute Gasteiger partial charge is 0.133 e. The van der Waals surface area contributed by atoms with E-state index in [1.807, 2.05) is 6.07 Å². The van der Waals surface area contributed by atoms with Crippen LogP contribution in [0.5, 0.6) is 0 Å². The zero-order valence-electron chi connectivity index (χ0n) is 9.82. The summed E-state index contributed by atoms with van der Waals surface area (Å²) in [5.41, 5.74) is 0. The van der Waals surface area contributed by atoms with E-state index >= 15 is 0 Å². The molecule has 0 atom stereocenters. The van der Waals surface area contributed by atoms with Gasteiger partial charge in [-0.05, 0) is 13.3 Å². The first kappa shape index (κ1) is 11.8. The number of rotatable bonds is 6. The lowest BCUT2D eigenvalue weighted by molar-refractivity contribution is 0.758. The first-order valence-electron chi connectivity index (χ1n) is 5.55. The Balaban J connectivity index is 2.62. The van der Waals surface area contributed by atoms with Gasteiger partial charge in [-0.25, -0.2) is 9.97 Å². The molecule has 4 heteroatoms. The van der Waals surface area contributed by atoms with Gasteiger partial charge in [0, 0.05) is 26.2 Å². The van der Waals surface area contributed by atoms with Crippen molar-refractivity contribution >= 4 is 11.6 Å². The Hall–Kier alpha value is -1.32. The lowest BCUT2D eigenvalue weighted by Crippen LogP contribution is -2.19. The minimum absolute atomic E-state index is 0.884. The van der Waals surface area contributed by atoms with Gasteiger partial charge in [0.25, 0.3) is 0 Å². The SMILES string of the molecule is CCCCN(C)c1cc(NCC)ncn1. The van der Waals surface area contributed by atoms with Crippen LogP contribution in [-0.2, 0) is 0 Å². The molecule has 4 nitrogen and oxygen atoms in total. The lowest BCUT2D eigenvalue weighted by atomic mass is 10.3. The second kappa shape index (κ2) is 6.22. The molecule has 0 aliphatic heterocycles. The van der Waals surface area contributed by atoms with Gasteiger partial charge in [0.15, 0.2) is 0 Å². The topological polar surface area (TPSA) is 41.0 Å². The molecule has 0 spiro atoms. The van der Waals surface area contributed by atoms with Crippen molar-refractivity contribution in [3.05, 3.63) is 12.4 Å². The van der Waals surface area contributed by atoms with Crippen LogP contribution >= 0.6 is 0 Å². The number of nitrogens with one attached hydrogen (secondary N) is 1. The van der Waals surface area contributed by atoms with Crippen LogP contribution in [0.15, 0.2) is 12.4 Å². The highest BCUT2D eigenvalue weighted by molar-refractivity contribution is 5.47. The molecule has 0 aliphatic rings. The van der Waals surface area contributed by atoms with Crippen molar-refractivity contribution in [2.45, 2.75) is 26.7 Å². The maximum absolute atomic E-state index is 4.25. The van der Waals surface area contributed by atoms with Crippen LogP contribution in [0.3, 0.4) is 0 Å². The average molecular weight is 208 g/mol. The van der Waals surface area contributed by atoms with E-state index in [-0.39, 0.29) is 0 Å². The molecule has 1 rings (SSSR count). The van der Waals surface area contributed by atoms with Crippen LogP contribution < -0.4 is 10.2 Å². The molecule has 0 radical (unpaired) electrons. The van der Waals surface area contributed by atoms with Crippen molar-refractivity contribution in [2.75, 3.05) is 30.4 Å². The van der Waals surface area contributed by atoms with E-state index in [9.17, 15) is 0 Å². The van der Waals surface area contributed by atoms with Crippen LogP contribution in [0.4, 0.5) is 11.6 Å². The molecule has 0 aliphatic carbocycles. The first-order valence-corrected chi connectivity index (χ1v) is 5.55. The Labute approximate surface area is 91.7 Å². The van der Waals surface area contributed by atoms with Gasteiger partial charge in [-0.3, -0.25) is 0 Å². The Morgan fingerprint density at radius 2 is 2.13 bits per heavy atom. The summed E-state index contributed by atoms with van der Waals surface area (Å²) < 4.78 is 0. The summed E-state index contributed by atoms with van der Waals surface area (Å²) in [5.74, 6) is 1.88. The van der Waals surface area contributed by atoms with E-state index < -0.39 is 0 Å². The van der Waals surface area contributed by atoms with Crippen molar-refractivity contribution in [2.24, 2.45) is 0 Å².